The molecule has 7 nitrogen and oxygen atoms in total. The smallest absolute Gasteiger partial charge is 0.259 e. The number of nitrogens with zero attached hydrogens (tertiary/aromatic N) is 2. The third-order valence-corrected chi connectivity index (χ3v) is 3.64. The molecule has 1 aliphatic carbocycles. The van der Waals surface area contributed by atoms with Crippen LogP contribution in [0.15, 0.2) is 11.4 Å². The van der Waals surface area contributed by atoms with Crippen molar-refractivity contribution in [3.8, 4) is 0 Å². The Hall–Kier alpha value is -2.18. The van der Waals surface area contributed by atoms with Crippen molar-refractivity contribution in [3.05, 3.63) is 17.7 Å². The first-order valence-electron chi connectivity index (χ1n) is 7.26. The Morgan fingerprint density at radius 1 is 1.43 bits per heavy atom. The average Bonchev–Trinajstić information content (AvgIpc) is 2.91. The Balaban J connectivity index is 1.68. The van der Waals surface area contributed by atoms with Gasteiger partial charge in [-0.1, -0.05) is 19.3 Å². The number of hydrogen-bond donors (Lipinski definition) is 3. The first-order chi connectivity index (χ1) is 10.2. The number of hydrogen-bond acceptors (Lipinski definition) is 4. The molecule has 0 unspecified atom stereocenters. The van der Waals surface area contributed by atoms with Crippen LogP contribution in [0.3, 0.4) is 0 Å². The lowest BCUT2D eigenvalue weighted by atomic mass is 9.89. The Labute approximate surface area is 123 Å². The van der Waals surface area contributed by atoms with Gasteiger partial charge in [0, 0.05) is 11.6 Å². The van der Waals surface area contributed by atoms with Crippen LogP contribution in [0, 0.1) is 12.8 Å². The Morgan fingerprint density at radius 2 is 2.19 bits per heavy atom. The summed E-state index contributed by atoms with van der Waals surface area (Å²) in [4.78, 5) is 30.4. The van der Waals surface area contributed by atoms with Crippen LogP contribution >= 0.6 is 0 Å². The van der Waals surface area contributed by atoms with Crippen molar-refractivity contribution >= 4 is 18.0 Å². The normalized spacial score (nSPS) is 16.0. The van der Waals surface area contributed by atoms with E-state index >= 15 is 0 Å². The quantitative estimate of drug-likeness (QED) is 0.554. The van der Waals surface area contributed by atoms with E-state index in [1.54, 1.807) is 6.33 Å². The van der Waals surface area contributed by atoms with Crippen LogP contribution < -0.4 is 10.7 Å². The van der Waals surface area contributed by atoms with Gasteiger partial charge in [-0.05, 0) is 19.8 Å². The molecule has 0 aromatic carbocycles. The molecule has 3 N–H and O–H groups in total. The van der Waals surface area contributed by atoms with Crippen LogP contribution in [0.25, 0.3) is 0 Å². The highest BCUT2D eigenvalue weighted by Crippen LogP contribution is 2.23. The largest absolute Gasteiger partial charge is 0.348 e. The zero-order valence-corrected chi connectivity index (χ0v) is 12.2. The second-order valence-electron chi connectivity index (χ2n) is 5.26. The van der Waals surface area contributed by atoms with Crippen LogP contribution in [0.5, 0.6) is 0 Å². The minimum atomic E-state index is -0.344. The molecule has 0 atom stereocenters. The number of carbonyl (C=O) groups is 2. The molecule has 1 aliphatic rings. The fourth-order valence-electron chi connectivity index (χ4n) is 2.38. The lowest BCUT2D eigenvalue weighted by molar-refractivity contribution is -0.129. The highest BCUT2D eigenvalue weighted by atomic mass is 16.2. The minimum Gasteiger partial charge on any atom is -0.348 e. The molecule has 1 heterocycles. The maximum Gasteiger partial charge on any atom is 0.259 e. The van der Waals surface area contributed by atoms with Crippen molar-refractivity contribution in [2.24, 2.45) is 11.0 Å². The molecule has 1 saturated carbocycles. The number of hydrazone groups is 1. The fraction of sp³-hybridized carbons (Fsp3) is 0.571. The van der Waals surface area contributed by atoms with Gasteiger partial charge in [0.1, 0.15) is 5.69 Å². The maximum atomic E-state index is 11.9. The van der Waals surface area contributed by atoms with Crippen LogP contribution in [0.4, 0.5) is 0 Å². The lowest BCUT2D eigenvalue weighted by Crippen LogP contribution is -2.38. The van der Waals surface area contributed by atoms with Crippen LogP contribution in [0.2, 0.25) is 0 Å². The molecule has 1 fully saturated rings. The van der Waals surface area contributed by atoms with Gasteiger partial charge < -0.3 is 10.3 Å². The SMILES string of the molecule is Cc1[nH]cnc1C=NNC(=O)CNC(=O)C1CCCCC1. The number of H-pyrrole nitrogens is 1. The van der Waals surface area contributed by atoms with Crippen molar-refractivity contribution in [2.45, 2.75) is 39.0 Å². The van der Waals surface area contributed by atoms with Gasteiger partial charge in [-0.3, -0.25) is 9.59 Å². The summed E-state index contributed by atoms with van der Waals surface area (Å²) in [5.41, 5.74) is 3.91. The predicted octanol–water partition coefficient (Wildman–Crippen LogP) is 0.865. The van der Waals surface area contributed by atoms with Gasteiger partial charge in [-0.2, -0.15) is 5.10 Å². The number of aromatic nitrogens is 2. The van der Waals surface area contributed by atoms with E-state index in [-0.39, 0.29) is 24.3 Å². The molecule has 21 heavy (non-hydrogen) atoms. The van der Waals surface area contributed by atoms with Gasteiger partial charge in [0.2, 0.25) is 5.91 Å². The fourth-order valence-corrected chi connectivity index (χ4v) is 2.38. The summed E-state index contributed by atoms with van der Waals surface area (Å²) in [5.74, 6) is -0.317. The molecule has 114 valence electrons. The standard InChI is InChI=1S/C14H21N5O2/c1-10-12(17-9-16-10)7-18-19-13(20)8-15-14(21)11-5-3-2-4-6-11/h7,9,11H,2-6,8H2,1H3,(H,15,21)(H,16,17)(H,19,20). The molecule has 7 heteroatoms. The highest BCUT2D eigenvalue weighted by molar-refractivity contribution is 5.86. The number of aromatic amines is 1. The van der Waals surface area contributed by atoms with E-state index in [0.717, 1.165) is 31.4 Å². The first-order valence-corrected chi connectivity index (χ1v) is 7.26. The van der Waals surface area contributed by atoms with Crippen LogP contribution in [-0.4, -0.2) is 34.5 Å². The third kappa shape index (κ3) is 4.70. The number of amides is 2. The number of nitrogens with one attached hydrogen (secondary N) is 3. The molecule has 0 radical (unpaired) electrons. The second kappa shape index (κ2) is 7.56. The lowest BCUT2D eigenvalue weighted by Gasteiger charge is -2.20. The van der Waals surface area contributed by atoms with E-state index < -0.39 is 0 Å². The summed E-state index contributed by atoms with van der Waals surface area (Å²) in [6.45, 7) is 1.81. The number of imidazole rings is 1. The highest BCUT2D eigenvalue weighted by Gasteiger charge is 2.21. The minimum absolute atomic E-state index is 0.0306. The van der Waals surface area contributed by atoms with Gasteiger partial charge in [0.15, 0.2) is 0 Å². The summed E-state index contributed by atoms with van der Waals surface area (Å²) < 4.78 is 0. The topological polar surface area (TPSA) is 99.2 Å². The number of rotatable bonds is 5. The van der Waals surface area contributed by atoms with E-state index in [4.69, 9.17) is 0 Å². The summed E-state index contributed by atoms with van der Waals surface area (Å²) in [6, 6.07) is 0. The van der Waals surface area contributed by atoms with Gasteiger partial charge in [-0.15, -0.1) is 0 Å². The van der Waals surface area contributed by atoms with Gasteiger partial charge in [0.05, 0.1) is 19.1 Å². The molecular formula is C14H21N5O2. The number of aryl methyl sites for hydroxylation is 1. The van der Waals surface area contributed by atoms with Crippen molar-refractivity contribution < 1.29 is 9.59 Å². The molecular weight excluding hydrogens is 270 g/mol. The summed E-state index contributed by atoms with van der Waals surface area (Å²) in [7, 11) is 0. The zero-order chi connectivity index (χ0) is 15.1. The van der Waals surface area contributed by atoms with Crippen molar-refractivity contribution in [3.63, 3.8) is 0 Å². The average molecular weight is 291 g/mol. The van der Waals surface area contributed by atoms with Gasteiger partial charge >= 0.3 is 0 Å². The number of carbonyl (C=O) groups excluding carboxylic acids is 2. The Kier molecular flexibility index (Phi) is 5.48. The third-order valence-electron chi connectivity index (χ3n) is 3.64. The zero-order valence-electron chi connectivity index (χ0n) is 12.2. The second-order valence-corrected chi connectivity index (χ2v) is 5.26. The van der Waals surface area contributed by atoms with Gasteiger partial charge in [-0.25, -0.2) is 10.4 Å². The summed E-state index contributed by atoms with van der Waals surface area (Å²) >= 11 is 0. The Bertz CT molecular complexity index is 517. The molecule has 1 aromatic rings. The molecule has 0 aliphatic heterocycles. The molecule has 0 saturated heterocycles. The summed E-state index contributed by atoms with van der Waals surface area (Å²) in [6.07, 6.45) is 8.25. The van der Waals surface area contributed by atoms with E-state index in [9.17, 15) is 9.59 Å². The molecule has 1 aromatic heterocycles. The van der Waals surface area contributed by atoms with E-state index in [1.165, 1.54) is 12.6 Å². The van der Waals surface area contributed by atoms with Crippen LogP contribution in [0.1, 0.15) is 43.5 Å². The van der Waals surface area contributed by atoms with Crippen LogP contribution in [-0.2, 0) is 9.59 Å². The first kappa shape index (κ1) is 15.2. The molecule has 2 rings (SSSR count). The van der Waals surface area contributed by atoms with E-state index in [1.807, 2.05) is 6.92 Å². The summed E-state index contributed by atoms with van der Waals surface area (Å²) in [5, 5.41) is 6.47. The van der Waals surface area contributed by atoms with Crippen molar-refractivity contribution in [2.75, 3.05) is 6.54 Å². The Morgan fingerprint density at radius 3 is 2.86 bits per heavy atom. The van der Waals surface area contributed by atoms with Gasteiger partial charge in [0.25, 0.3) is 5.91 Å². The van der Waals surface area contributed by atoms with Crippen molar-refractivity contribution in [1.82, 2.24) is 20.7 Å². The van der Waals surface area contributed by atoms with Crippen molar-refractivity contribution in [1.29, 1.82) is 0 Å². The van der Waals surface area contributed by atoms with E-state index in [2.05, 4.69) is 25.8 Å². The van der Waals surface area contributed by atoms with E-state index in [0.29, 0.717) is 5.69 Å². The maximum absolute atomic E-state index is 11.9. The molecule has 2 amide bonds. The molecule has 0 bridgehead atoms. The monoisotopic (exact) mass is 291 g/mol. The predicted molar refractivity (Wildman–Crippen MR) is 78.6 cm³/mol. The molecule has 0 spiro atoms.